The van der Waals surface area contributed by atoms with Crippen molar-refractivity contribution in [1.29, 1.82) is 0 Å². The SMILES string of the molecule is CC1OC2[C]C(C2)O1. The van der Waals surface area contributed by atoms with Gasteiger partial charge in [-0.05, 0) is 6.92 Å². The molecule has 3 aliphatic rings. The largest absolute Gasteiger partial charge is 0.349 e. The first kappa shape index (κ1) is 4.77. The summed E-state index contributed by atoms with van der Waals surface area (Å²) in [5, 5.41) is 0. The lowest BCUT2D eigenvalue weighted by atomic mass is 9.91. The molecule has 44 valence electrons. The molecule has 0 amide bonds. The van der Waals surface area contributed by atoms with Gasteiger partial charge < -0.3 is 9.47 Å². The Hall–Kier alpha value is -0.0800. The van der Waals surface area contributed by atoms with Gasteiger partial charge in [-0.2, -0.15) is 0 Å². The van der Waals surface area contributed by atoms with Gasteiger partial charge in [-0.3, -0.25) is 0 Å². The summed E-state index contributed by atoms with van der Waals surface area (Å²) >= 11 is 0. The Labute approximate surface area is 48.8 Å². The Balaban J connectivity index is 1.97. The molecule has 2 nitrogen and oxygen atoms in total. The summed E-state index contributed by atoms with van der Waals surface area (Å²) in [7, 11) is 0. The maximum absolute atomic E-state index is 5.22. The van der Waals surface area contributed by atoms with Gasteiger partial charge in [0.05, 0.1) is 12.2 Å². The normalized spacial score (nSPS) is 52.9. The van der Waals surface area contributed by atoms with Gasteiger partial charge in [-0.15, -0.1) is 0 Å². The van der Waals surface area contributed by atoms with E-state index in [-0.39, 0.29) is 18.5 Å². The van der Waals surface area contributed by atoms with Crippen molar-refractivity contribution >= 4 is 0 Å². The highest BCUT2D eigenvalue weighted by Gasteiger charge is 2.39. The van der Waals surface area contributed by atoms with Crippen LogP contribution in [0.2, 0.25) is 0 Å². The molecule has 2 atom stereocenters. The molecule has 2 heterocycles. The Morgan fingerprint density at radius 2 is 1.88 bits per heavy atom. The third-order valence-corrected chi connectivity index (χ3v) is 1.51. The molecule has 0 aromatic carbocycles. The third kappa shape index (κ3) is 0.565. The molecule has 1 aliphatic carbocycles. The highest BCUT2D eigenvalue weighted by molar-refractivity contribution is 5.01. The fourth-order valence-corrected chi connectivity index (χ4v) is 1.06. The van der Waals surface area contributed by atoms with Crippen LogP contribution in [0.3, 0.4) is 0 Å². The van der Waals surface area contributed by atoms with Gasteiger partial charge in [0.15, 0.2) is 6.29 Å². The zero-order valence-electron chi connectivity index (χ0n) is 4.76. The van der Waals surface area contributed by atoms with Crippen LogP contribution in [0, 0.1) is 6.42 Å². The second-order valence-corrected chi connectivity index (χ2v) is 2.22. The fraction of sp³-hybridized carbons (Fsp3) is 0.833. The molecule has 3 rings (SSSR count). The van der Waals surface area contributed by atoms with E-state index < -0.39 is 0 Å². The van der Waals surface area contributed by atoms with Crippen molar-refractivity contribution in [1.82, 2.24) is 0 Å². The molecule has 2 saturated heterocycles. The Bertz CT molecular complexity index is 86.7. The predicted molar refractivity (Wildman–Crippen MR) is 27.1 cm³/mol. The lowest BCUT2D eigenvalue weighted by Crippen LogP contribution is -2.48. The van der Waals surface area contributed by atoms with Gasteiger partial charge in [-0.1, -0.05) is 0 Å². The number of rotatable bonds is 0. The van der Waals surface area contributed by atoms with E-state index in [2.05, 4.69) is 6.42 Å². The first-order valence-corrected chi connectivity index (χ1v) is 2.91. The molecule has 0 spiro atoms. The van der Waals surface area contributed by atoms with Crippen molar-refractivity contribution in [3.05, 3.63) is 6.42 Å². The summed E-state index contributed by atoms with van der Waals surface area (Å²) in [5.74, 6) is 0. The molecule has 1 saturated carbocycles. The summed E-state index contributed by atoms with van der Waals surface area (Å²) < 4.78 is 10.4. The zero-order valence-corrected chi connectivity index (χ0v) is 4.76. The lowest BCUT2D eigenvalue weighted by molar-refractivity contribution is -0.261. The Morgan fingerprint density at radius 3 is 2.12 bits per heavy atom. The summed E-state index contributed by atoms with van der Waals surface area (Å²) in [6.07, 6.45) is 4.65. The highest BCUT2D eigenvalue weighted by Crippen LogP contribution is 2.32. The van der Waals surface area contributed by atoms with Gasteiger partial charge in [0.25, 0.3) is 0 Å². The molecule has 2 radical (unpaired) electrons. The standard InChI is InChI=1S/C6H8O2/c1-4-7-5-2-6(3-5)8-4/h4-6H,2H2,1H3. The van der Waals surface area contributed by atoms with Crippen molar-refractivity contribution in [2.75, 3.05) is 0 Å². The lowest BCUT2D eigenvalue weighted by Gasteiger charge is -2.42. The second-order valence-electron chi connectivity index (χ2n) is 2.22. The van der Waals surface area contributed by atoms with Crippen LogP contribution in [-0.2, 0) is 9.47 Å². The molecule has 0 aromatic rings. The molecule has 2 bridgehead atoms. The van der Waals surface area contributed by atoms with Gasteiger partial charge in [0.1, 0.15) is 0 Å². The van der Waals surface area contributed by atoms with Crippen molar-refractivity contribution in [2.45, 2.75) is 31.8 Å². The van der Waals surface area contributed by atoms with Crippen LogP contribution < -0.4 is 0 Å². The topological polar surface area (TPSA) is 18.5 Å². The number of ether oxygens (including phenoxy) is 2. The maximum atomic E-state index is 5.22. The second kappa shape index (κ2) is 1.45. The molecule has 0 N–H and O–H groups in total. The minimum atomic E-state index is -0.000000000000000222. The van der Waals surface area contributed by atoms with E-state index in [1.165, 1.54) is 0 Å². The maximum Gasteiger partial charge on any atom is 0.155 e. The quantitative estimate of drug-likeness (QED) is 0.457. The van der Waals surface area contributed by atoms with Crippen molar-refractivity contribution < 1.29 is 9.47 Å². The highest BCUT2D eigenvalue weighted by atomic mass is 16.7. The van der Waals surface area contributed by atoms with E-state index in [9.17, 15) is 0 Å². The first-order valence-electron chi connectivity index (χ1n) is 2.91. The van der Waals surface area contributed by atoms with Gasteiger partial charge in [0, 0.05) is 12.8 Å². The molecular weight excluding hydrogens is 104 g/mol. The number of hydrogen-bond acceptors (Lipinski definition) is 2. The molecule has 2 aliphatic heterocycles. The van der Waals surface area contributed by atoms with E-state index >= 15 is 0 Å². The minimum Gasteiger partial charge on any atom is -0.349 e. The van der Waals surface area contributed by atoms with E-state index in [0.29, 0.717) is 0 Å². The van der Waals surface area contributed by atoms with Crippen LogP contribution >= 0.6 is 0 Å². The van der Waals surface area contributed by atoms with Gasteiger partial charge in [-0.25, -0.2) is 0 Å². The smallest absolute Gasteiger partial charge is 0.155 e. The van der Waals surface area contributed by atoms with Crippen LogP contribution in [0.4, 0.5) is 0 Å². The Kier molecular flexibility index (Phi) is 0.866. The Morgan fingerprint density at radius 1 is 1.38 bits per heavy atom. The third-order valence-electron chi connectivity index (χ3n) is 1.51. The fourth-order valence-electron chi connectivity index (χ4n) is 1.06. The molecule has 2 heteroatoms. The minimum absolute atomic E-state index is 0.000000000000000222. The molecule has 8 heavy (non-hydrogen) atoms. The summed E-state index contributed by atoms with van der Waals surface area (Å²) in [4.78, 5) is 0. The summed E-state index contributed by atoms with van der Waals surface area (Å²) in [6.45, 7) is 1.92. The summed E-state index contributed by atoms with van der Waals surface area (Å²) in [6, 6.07) is 0. The summed E-state index contributed by atoms with van der Waals surface area (Å²) in [5.41, 5.74) is 0. The molecular formula is C6H8O2. The van der Waals surface area contributed by atoms with E-state index in [1.807, 2.05) is 6.92 Å². The van der Waals surface area contributed by atoms with E-state index in [4.69, 9.17) is 9.47 Å². The van der Waals surface area contributed by atoms with Crippen molar-refractivity contribution in [3.8, 4) is 0 Å². The average Bonchev–Trinajstić information content (AvgIpc) is 1.62. The number of fused-ring (bicyclic) bond motifs is 2. The zero-order chi connectivity index (χ0) is 5.56. The molecule has 0 aromatic heterocycles. The van der Waals surface area contributed by atoms with Crippen molar-refractivity contribution in [3.63, 3.8) is 0 Å². The van der Waals surface area contributed by atoms with E-state index in [1.54, 1.807) is 0 Å². The van der Waals surface area contributed by atoms with Crippen LogP contribution in [0.1, 0.15) is 13.3 Å². The molecule has 2 unspecified atom stereocenters. The monoisotopic (exact) mass is 112 g/mol. The number of hydrogen-bond donors (Lipinski definition) is 0. The predicted octanol–water partition coefficient (Wildman–Crippen LogP) is 0.601. The van der Waals surface area contributed by atoms with Crippen LogP contribution in [0.15, 0.2) is 0 Å². The van der Waals surface area contributed by atoms with Gasteiger partial charge in [0.2, 0.25) is 0 Å². The van der Waals surface area contributed by atoms with Crippen LogP contribution in [0.25, 0.3) is 0 Å². The van der Waals surface area contributed by atoms with Crippen molar-refractivity contribution in [2.24, 2.45) is 0 Å². The van der Waals surface area contributed by atoms with E-state index in [0.717, 1.165) is 6.42 Å². The van der Waals surface area contributed by atoms with Crippen LogP contribution in [-0.4, -0.2) is 18.5 Å². The molecule has 3 fully saturated rings. The first-order chi connectivity index (χ1) is 3.84. The van der Waals surface area contributed by atoms with Gasteiger partial charge >= 0.3 is 0 Å². The average molecular weight is 112 g/mol. The van der Waals surface area contributed by atoms with Crippen LogP contribution in [0.5, 0.6) is 0 Å².